The molecule has 0 radical (unpaired) electrons. The van der Waals surface area contributed by atoms with Crippen molar-refractivity contribution in [3.8, 4) is 0 Å². The second-order valence-electron chi connectivity index (χ2n) is 4.61. The van der Waals surface area contributed by atoms with Crippen LogP contribution in [0, 0.1) is 0 Å². The number of aliphatic hydroxyl groups is 1. The van der Waals surface area contributed by atoms with E-state index in [0.29, 0.717) is 13.1 Å². The minimum atomic E-state index is -0.662. The number of hydrogen-bond acceptors (Lipinski definition) is 4. The molecule has 1 saturated heterocycles. The highest BCUT2D eigenvalue weighted by atomic mass is 32.2. The fourth-order valence-corrected chi connectivity index (χ4v) is 3.21. The van der Waals surface area contributed by atoms with E-state index in [9.17, 15) is 9.32 Å². The molecule has 1 fully saturated rings. The van der Waals surface area contributed by atoms with Gasteiger partial charge in [0.15, 0.2) is 0 Å². The normalized spacial score (nSPS) is 19.9. The lowest BCUT2D eigenvalue weighted by molar-refractivity contribution is 0.118. The summed E-state index contributed by atoms with van der Waals surface area (Å²) in [6.07, 6.45) is -0.483. The number of nitrogens with two attached hydrogens (primary N) is 1. The summed E-state index contributed by atoms with van der Waals surface area (Å²) in [5.41, 5.74) is 7.52. The molecule has 1 aliphatic rings. The van der Waals surface area contributed by atoms with Crippen LogP contribution < -0.4 is 5.73 Å². The van der Waals surface area contributed by atoms with Crippen LogP contribution in [0.4, 0.5) is 0 Å². The molecule has 1 atom stereocenters. The van der Waals surface area contributed by atoms with Gasteiger partial charge in [-0.15, -0.1) is 0 Å². The standard InChI is InChI=1S/C13H20N2O2S/c14-9-11-1-3-12(4-2-11)13(16)10-15-5-7-18(17)8-6-15/h1-4,13,16H,5-10,14H2. The molecule has 100 valence electrons. The van der Waals surface area contributed by atoms with Gasteiger partial charge in [-0.25, -0.2) is 0 Å². The van der Waals surface area contributed by atoms with E-state index < -0.39 is 16.9 Å². The van der Waals surface area contributed by atoms with Crippen molar-refractivity contribution in [1.29, 1.82) is 0 Å². The van der Waals surface area contributed by atoms with Crippen LogP contribution in [0.15, 0.2) is 24.3 Å². The molecule has 0 aromatic heterocycles. The Morgan fingerprint density at radius 1 is 1.28 bits per heavy atom. The maximum Gasteiger partial charge on any atom is 0.0916 e. The zero-order chi connectivity index (χ0) is 13.0. The predicted molar refractivity (Wildman–Crippen MR) is 73.6 cm³/mol. The fraction of sp³-hybridized carbons (Fsp3) is 0.538. The van der Waals surface area contributed by atoms with Gasteiger partial charge in [-0.05, 0) is 11.1 Å². The van der Waals surface area contributed by atoms with Crippen LogP contribution >= 0.6 is 0 Å². The molecule has 2 rings (SSSR count). The second kappa shape index (κ2) is 6.43. The number of aliphatic hydroxyl groups excluding tert-OH is 1. The summed E-state index contributed by atoms with van der Waals surface area (Å²) in [6.45, 7) is 2.75. The van der Waals surface area contributed by atoms with Crippen LogP contribution in [0.1, 0.15) is 17.2 Å². The highest BCUT2D eigenvalue weighted by Crippen LogP contribution is 2.16. The van der Waals surface area contributed by atoms with Crippen molar-refractivity contribution in [3.05, 3.63) is 35.4 Å². The van der Waals surface area contributed by atoms with Gasteiger partial charge < -0.3 is 10.8 Å². The zero-order valence-corrected chi connectivity index (χ0v) is 11.2. The molecule has 1 aliphatic heterocycles. The van der Waals surface area contributed by atoms with Crippen molar-refractivity contribution in [2.24, 2.45) is 5.73 Å². The Balaban J connectivity index is 1.90. The third-order valence-electron chi connectivity index (χ3n) is 3.30. The summed E-state index contributed by atoms with van der Waals surface area (Å²) in [7, 11) is -0.662. The lowest BCUT2D eigenvalue weighted by Crippen LogP contribution is -2.40. The molecule has 1 heterocycles. The molecule has 1 aromatic rings. The van der Waals surface area contributed by atoms with E-state index in [1.165, 1.54) is 0 Å². The largest absolute Gasteiger partial charge is 0.387 e. The SMILES string of the molecule is NCc1ccc(C(O)CN2CCS(=O)CC2)cc1. The van der Waals surface area contributed by atoms with Crippen LogP contribution in [0.3, 0.4) is 0 Å². The summed E-state index contributed by atoms with van der Waals surface area (Å²) in [5, 5.41) is 10.2. The van der Waals surface area contributed by atoms with Gasteiger partial charge in [0.05, 0.1) is 6.10 Å². The maximum atomic E-state index is 11.2. The molecular weight excluding hydrogens is 248 g/mol. The van der Waals surface area contributed by atoms with Gasteiger partial charge in [0.2, 0.25) is 0 Å². The predicted octanol–water partition coefficient (Wildman–Crippen LogP) is 0.243. The Morgan fingerprint density at radius 3 is 2.44 bits per heavy atom. The summed E-state index contributed by atoms with van der Waals surface area (Å²) in [5.74, 6) is 1.44. The first-order valence-electron chi connectivity index (χ1n) is 6.23. The van der Waals surface area contributed by atoms with Crippen molar-refractivity contribution in [1.82, 2.24) is 4.90 Å². The van der Waals surface area contributed by atoms with Gasteiger partial charge in [-0.3, -0.25) is 9.11 Å². The van der Waals surface area contributed by atoms with Gasteiger partial charge in [-0.2, -0.15) is 0 Å². The fourth-order valence-electron chi connectivity index (χ4n) is 2.08. The Bertz CT molecular complexity index is 398. The van der Waals surface area contributed by atoms with Crippen molar-refractivity contribution in [2.75, 3.05) is 31.1 Å². The summed E-state index contributed by atoms with van der Waals surface area (Å²) in [4.78, 5) is 2.17. The first kappa shape index (κ1) is 13.7. The number of hydrogen-bond donors (Lipinski definition) is 2. The minimum Gasteiger partial charge on any atom is -0.387 e. The van der Waals surface area contributed by atoms with E-state index in [1.807, 2.05) is 24.3 Å². The Morgan fingerprint density at radius 2 is 1.89 bits per heavy atom. The van der Waals surface area contributed by atoms with E-state index in [2.05, 4.69) is 4.90 Å². The average Bonchev–Trinajstić information content (AvgIpc) is 2.41. The van der Waals surface area contributed by atoms with Gasteiger partial charge in [-0.1, -0.05) is 24.3 Å². The molecule has 18 heavy (non-hydrogen) atoms. The summed E-state index contributed by atoms with van der Waals surface area (Å²) < 4.78 is 11.2. The van der Waals surface area contributed by atoms with Gasteiger partial charge in [0.1, 0.15) is 0 Å². The number of rotatable bonds is 4. The lowest BCUT2D eigenvalue weighted by atomic mass is 10.1. The topological polar surface area (TPSA) is 66.6 Å². The molecular formula is C13H20N2O2S. The van der Waals surface area contributed by atoms with E-state index in [0.717, 1.165) is 35.7 Å². The number of β-amino-alcohol motifs (C(OH)–C–C–N with tert-alkyl or cyclic N) is 1. The van der Waals surface area contributed by atoms with Crippen LogP contribution in [0.2, 0.25) is 0 Å². The van der Waals surface area contributed by atoms with Crippen molar-refractivity contribution in [3.63, 3.8) is 0 Å². The van der Waals surface area contributed by atoms with Gasteiger partial charge in [0, 0.05) is 48.5 Å². The highest BCUT2D eigenvalue weighted by Gasteiger charge is 2.18. The first-order valence-corrected chi connectivity index (χ1v) is 7.72. The lowest BCUT2D eigenvalue weighted by Gasteiger charge is -2.28. The van der Waals surface area contributed by atoms with Gasteiger partial charge >= 0.3 is 0 Å². The van der Waals surface area contributed by atoms with Crippen molar-refractivity contribution >= 4 is 10.8 Å². The Labute approximate surface area is 110 Å². The molecule has 0 spiro atoms. The van der Waals surface area contributed by atoms with Crippen LogP contribution in [0.25, 0.3) is 0 Å². The average molecular weight is 268 g/mol. The third-order valence-corrected chi connectivity index (χ3v) is 4.58. The summed E-state index contributed by atoms with van der Waals surface area (Å²) >= 11 is 0. The Kier molecular flexibility index (Phi) is 4.88. The number of benzene rings is 1. The molecule has 3 N–H and O–H groups in total. The first-order chi connectivity index (χ1) is 8.69. The quantitative estimate of drug-likeness (QED) is 0.821. The highest BCUT2D eigenvalue weighted by molar-refractivity contribution is 7.85. The molecule has 5 heteroatoms. The number of nitrogens with zero attached hydrogens (tertiary/aromatic N) is 1. The molecule has 4 nitrogen and oxygen atoms in total. The third kappa shape index (κ3) is 3.62. The van der Waals surface area contributed by atoms with Crippen LogP contribution in [-0.4, -0.2) is 45.4 Å². The molecule has 0 bridgehead atoms. The molecule has 0 saturated carbocycles. The van der Waals surface area contributed by atoms with E-state index in [4.69, 9.17) is 5.73 Å². The Hall–Kier alpha value is -0.750. The van der Waals surface area contributed by atoms with Crippen molar-refractivity contribution < 1.29 is 9.32 Å². The maximum absolute atomic E-state index is 11.2. The van der Waals surface area contributed by atoms with Crippen LogP contribution in [0.5, 0.6) is 0 Å². The molecule has 0 amide bonds. The van der Waals surface area contributed by atoms with Crippen molar-refractivity contribution in [2.45, 2.75) is 12.6 Å². The van der Waals surface area contributed by atoms with E-state index in [1.54, 1.807) is 0 Å². The van der Waals surface area contributed by atoms with Gasteiger partial charge in [0.25, 0.3) is 0 Å². The molecule has 0 aliphatic carbocycles. The minimum absolute atomic E-state index is 0.483. The summed E-state index contributed by atoms with van der Waals surface area (Å²) in [6, 6.07) is 7.75. The molecule has 1 unspecified atom stereocenters. The van der Waals surface area contributed by atoms with Crippen LogP contribution in [-0.2, 0) is 17.3 Å². The smallest absolute Gasteiger partial charge is 0.0916 e. The zero-order valence-electron chi connectivity index (χ0n) is 10.4. The monoisotopic (exact) mass is 268 g/mol. The van der Waals surface area contributed by atoms with E-state index in [-0.39, 0.29) is 0 Å². The van der Waals surface area contributed by atoms with E-state index >= 15 is 0 Å². The second-order valence-corrected chi connectivity index (χ2v) is 6.31. The molecule has 1 aromatic carbocycles.